The Balaban J connectivity index is 2.30. The Bertz CT molecular complexity index is 760. The van der Waals surface area contributed by atoms with Crippen molar-refractivity contribution in [2.45, 2.75) is 72.6 Å². The van der Waals surface area contributed by atoms with E-state index < -0.39 is 12.7 Å². The average molecular weight is 374 g/mol. The van der Waals surface area contributed by atoms with Gasteiger partial charge in [-0.2, -0.15) is 0 Å². The van der Waals surface area contributed by atoms with Gasteiger partial charge in [0.25, 0.3) is 0 Å². The minimum absolute atomic E-state index is 0.112. The van der Waals surface area contributed by atoms with Crippen molar-refractivity contribution in [2.24, 2.45) is 0 Å². The molecule has 1 aromatic rings. The summed E-state index contributed by atoms with van der Waals surface area (Å²) in [6.07, 6.45) is 10.3. The number of carbonyl (C=O) groups excluding carboxylic acids is 1. The van der Waals surface area contributed by atoms with E-state index in [1.165, 1.54) is 11.1 Å². The Hall–Kier alpha value is -2.23. The Morgan fingerprint density at radius 1 is 1.26 bits per heavy atom. The molecule has 2 rings (SSSR count). The Morgan fingerprint density at radius 2 is 2.04 bits per heavy atom. The molecule has 148 valence electrons. The van der Waals surface area contributed by atoms with E-state index in [9.17, 15) is 9.90 Å². The third kappa shape index (κ3) is 5.88. The molecule has 0 saturated carbocycles. The van der Waals surface area contributed by atoms with Gasteiger partial charge in [-0.05, 0) is 64.5 Å². The minimum atomic E-state index is -1.40. The minimum Gasteiger partial charge on any atom is -0.508 e. The lowest BCUT2D eigenvalue weighted by Gasteiger charge is -2.23. The van der Waals surface area contributed by atoms with Crippen LogP contribution in [0.15, 0.2) is 29.4 Å². The zero-order valence-electron chi connectivity index (χ0n) is 17.9. The van der Waals surface area contributed by atoms with Crippen molar-refractivity contribution in [1.29, 1.82) is 0 Å². The number of cyclic esters (lactones) is 1. The van der Waals surface area contributed by atoms with Crippen LogP contribution in [-0.4, -0.2) is 17.8 Å². The third-order valence-corrected chi connectivity index (χ3v) is 4.76. The molecule has 0 saturated heterocycles. The highest BCUT2D eigenvalue weighted by atomic mass is 16.7. The maximum absolute atomic E-state index is 12.4. The molecular weight excluding hydrogens is 340 g/mol. The molecule has 0 radical (unpaired) electrons. The van der Waals surface area contributed by atoms with Gasteiger partial charge >= 0.3 is 5.97 Å². The second-order valence-corrected chi connectivity index (χ2v) is 7.39. The van der Waals surface area contributed by atoms with Gasteiger partial charge < -0.3 is 14.6 Å². The fourth-order valence-corrected chi connectivity index (χ4v) is 3.19. The predicted octanol–water partition coefficient (Wildman–Crippen LogP) is 5.87. The lowest BCUT2D eigenvalue weighted by Crippen LogP contribution is -2.21. The van der Waals surface area contributed by atoms with E-state index in [1.807, 2.05) is 6.08 Å². The van der Waals surface area contributed by atoms with Crippen LogP contribution in [0.3, 0.4) is 0 Å². The molecule has 1 aliphatic heterocycles. The molecule has 0 amide bonds. The fraction of sp³-hybridized carbons (Fsp3) is 0.522. The Morgan fingerprint density at radius 3 is 2.74 bits per heavy atom. The molecule has 27 heavy (non-hydrogen) atoms. The topological polar surface area (TPSA) is 55.8 Å². The first-order chi connectivity index (χ1) is 13.3. The number of hydrogen-bond acceptors (Lipinski definition) is 4. The summed E-state index contributed by atoms with van der Waals surface area (Å²) < 4.78 is 18.2. The summed E-state index contributed by atoms with van der Waals surface area (Å²) in [4.78, 5) is 12.4. The van der Waals surface area contributed by atoms with Gasteiger partial charge in [-0.1, -0.05) is 43.1 Å². The van der Waals surface area contributed by atoms with Gasteiger partial charge in [0.1, 0.15) is 18.4 Å². The first-order valence-electron chi connectivity index (χ1n) is 10.4. The molecule has 4 heteroatoms. The standard InChI is InChI=1S/C23H32O4/c1-5-6-7-11-18-14-20(24)19(22-21(18)23(25)27-15-26-22)13-12-17(4)10-8-9-16(2)3/h9,12,14,24H,5-8,10-11,13,15H2,1-4H3/i15D. The van der Waals surface area contributed by atoms with E-state index >= 15 is 0 Å². The quantitative estimate of drug-likeness (QED) is 0.334. The Kier molecular flexibility index (Phi) is 7.37. The summed E-state index contributed by atoms with van der Waals surface area (Å²) in [6, 6.07) is 1.66. The average Bonchev–Trinajstić information content (AvgIpc) is 2.60. The van der Waals surface area contributed by atoms with Crippen LogP contribution >= 0.6 is 0 Å². The van der Waals surface area contributed by atoms with Crippen molar-refractivity contribution >= 4 is 5.97 Å². The van der Waals surface area contributed by atoms with Crippen molar-refractivity contribution in [1.82, 2.24) is 0 Å². The van der Waals surface area contributed by atoms with Crippen molar-refractivity contribution in [3.63, 3.8) is 0 Å². The molecule has 1 heterocycles. The summed E-state index contributed by atoms with van der Waals surface area (Å²) >= 11 is 0. The zero-order chi connectivity index (χ0) is 20.7. The molecule has 1 N–H and O–H groups in total. The number of unbranched alkanes of at least 4 members (excludes halogenated alkanes) is 2. The van der Waals surface area contributed by atoms with Crippen LogP contribution in [0.4, 0.5) is 0 Å². The molecule has 0 spiro atoms. The van der Waals surface area contributed by atoms with E-state index in [0.29, 0.717) is 29.7 Å². The number of allylic oxidation sites excluding steroid dienone is 4. The molecule has 1 unspecified atom stereocenters. The number of rotatable bonds is 9. The van der Waals surface area contributed by atoms with E-state index in [2.05, 4.69) is 33.8 Å². The zero-order valence-corrected chi connectivity index (χ0v) is 16.9. The number of carbonyl (C=O) groups is 1. The predicted molar refractivity (Wildman–Crippen MR) is 108 cm³/mol. The summed E-state index contributed by atoms with van der Waals surface area (Å²) in [5.74, 6) is -0.130. The van der Waals surface area contributed by atoms with Gasteiger partial charge in [0.15, 0.2) is 0 Å². The molecule has 0 aliphatic carbocycles. The van der Waals surface area contributed by atoms with Gasteiger partial charge in [-0.15, -0.1) is 0 Å². The highest BCUT2D eigenvalue weighted by Gasteiger charge is 2.28. The molecular formula is C23H32O4. The number of aryl methyl sites for hydroxylation is 1. The second kappa shape index (κ2) is 10.2. The summed E-state index contributed by atoms with van der Waals surface area (Å²) in [7, 11) is 0. The normalized spacial score (nSPS) is 16.9. The molecule has 4 nitrogen and oxygen atoms in total. The van der Waals surface area contributed by atoms with Crippen molar-refractivity contribution < 1.29 is 20.7 Å². The van der Waals surface area contributed by atoms with Crippen LogP contribution in [0.5, 0.6) is 11.5 Å². The van der Waals surface area contributed by atoms with E-state index in [4.69, 9.17) is 10.8 Å². The van der Waals surface area contributed by atoms with Crippen LogP contribution in [0.25, 0.3) is 0 Å². The summed E-state index contributed by atoms with van der Waals surface area (Å²) in [6.45, 7) is 6.94. The van der Waals surface area contributed by atoms with Crippen molar-refractivity contribution in [3.8, 4) is 11.5 Å². The second-order valence-electron chi connectivity index (χ2n) is 7.39. The largest absolute Gasteiger partial charge is 0.508 e. The van der Waals surface area contributed by atoms with Gasteiger partial charge in [-0.25, -0.2) is 4.79 Å². The molecule has 0 bridgehead atoms. The highest BCUT2D eigenvalue weighted by molar-refractivity contribution is 5.96. The number of fused-ring (bicyclic) bond motifs is 1. The van der Waals surface area contributed by atoms with Crippen molar-refractivity contribution in [2.75, 3.05) is 6.77 Å². The molecule has 0 aromatic heterocycles. The van der Waals surface area contributed by atoms with Crippen LogP contribution < -0.4 is 4.74 Å². The fourth-order valence-electron chi connectivity index (χ4n) is 3.19. The smallest absolute Gasteiger partial charge is 0.345 e. The first kappa shape index (κ1) is 19.5. The van der Waals surface area contributed by atoms with Crippen LogP contribution in [0.2, 0.25) is 0 Å². The summed E-state index contributed by atoms with van der Waals surface area (Å²) in [5, 5.41) is 10.6. The van der Waals surface area contributed by atoms with Crippen LogP contribution in [0, 0.1) is 0 Å². The molecule has 1 aromatic carbocycles. The SMILES string of the molecule is [2H]C1OC(=O)c2c(CCCCC)cc(O)c(CC=C(C)CCC=C(C)C)c2O1. The number of ether oxygens (including phenoxy) is 2. The van der Waals surface area contributed by atoms with Gasteiger partial charge in [0.2, 0.25) is 6.77 Å². The van der Waals surface area contributed by atoms with E-state index in [-0.39, 0.29) is 5.75 Å². The number of esters is 1. The number of hydrogen-bond donors (Lipinski definition) is 1. The third-order valence-electron chi connectivity index (χ3n) is 4.76. The lowest BCUT2D eigenvalue weighted by atomic mass is 9.94. The van der Waals surface area contributed by atoms with Gasteiger partial charge in [-0.3, -0.25) is 0 Å². The van der Waals surface area contributed by atoms with Crippen LogP contribution in [0.1, 0.15) is 82.7 Å². The lowest BCUT2D eigenvalue weighted by molar-refractivity contribution is 0.00424. The number of phenolic OH excluding ortho intramolecular Hbond substituents is 1. The summed E-state index contributed by atoms with van der Waals surface area (Å²) in [5.41, 5.74) is 4.14. The maximum atomic E-state index is 12.4. The first-order valence-corrected chi connectivity index (χ1v) is 9.80. The molecule has 1 atom stereocenters. The molecule has 0 fully saturated rings. The monoisotopic (exact) mass is 373 g/mol. The number of benzene rings is 1. The van der Waals surface area contributed by atoms with E-state index in [0.717, 1.165) is 37.7 Å². The van der Waals surface area contributed by atoms with Gasteiger partial charge in [0, 0.05) is 5.56 Å². The number of phenols is 1. The maximum Gasteiger partial charge on any atom is 0.345 e. The molecule has 1 aliphatic rings. The van der Waals surface area contributed by atoms with E-state index in [1.54, 1.807) is 6.07 Å². The van der Waals surface area contributed by atoms with Gasteiger partial charge in [0.05, 0.1) is 0 Å². The van der Waals surface area contributed by atoms with Crippen molar-refractivity contribution in [3.05, 3.63) is 46.1 Å². The highest BCUT2D eigenvalue weighted by Crippen LogP contribution is 2.38. The van der Waals surface area contributed by atoms with Crippen LogP contribution in [-0.2, 0) is 17.6 Å². The number of aromatic hydroxyl groups is 1. The Labute approximate surface area is 164 Å².